The summed E-state index contributed by atoms with van der Waals surface area (Å²) in [4.78, 5) is 0. The van der Waals surface area contributed by atoms with Crippen molar-refractivity contribution in [1.82, 2.24) is 0 Å². The van der Waals surface area contributed by atoms with Crippen LogP contribution in [0.25, 0.3) is 0 Å². The highest BCUT2D eigenvalue weighted by Gasteiger charge is 2.66. The minimum atomic E-state index is -4.49. The molecule has 0 spiro atoms. The van der Waals surface area contributed by atoms with Crippen molar-refractivity contribution in [1.29, 1.82) is 0 Å². The van der Waals surface area contributed by atoms with Gasteiger partial charge in [0.05, 0.1) is 0 Å². The van der Waals surface area contributed by atoms with E-state index < -0.39 is 17.7 Å². The number of alkyl halides is 3. The molecule has 2 saturated carbocycles. The molecule has 2 nitrogen and oxygen atoms in total. The molecule has 2 fully saturated rings. The van der Waals surface area contributed by atoms with Crippen molar-refractivity contribution in [2.24, 2.45) is 17.6 Å². The third-order valence-electron chi connectivity index (χ3n) is 3.49. The number of hydrogen-bond donors (Lipinski definition) is 2. The average Bonchev–Trinajstić information content (AvgIpc) is 2.42. The fourth-order valence-corrected chi connectivity index (χ4v) is 2.70. The minimum absolute atomic E-state index is 0. The van der Waals surface area contributed by atoms with E-state index in [-0.39, 0.29) is 30.8 Å². The molecule has 0 aliphatic heterocycles. The number of rotatable bonds is 0. The monoisotopic (exact) mass is 231 g/mol. The second-order valence-electron chi connectivity index (χ2n) is 4.22. The van der Waals surface area contributed by atoms with E-state index >= 15 is 0 Å². The summed E-state index contributed by atoms with van der Waals surface area (Å²) in [6.07, 6.45) is -3.97. The molecule has 2 aliphatic carbocycles. The Hall–Kier alpha value is -0.0000000000000000555. The molecule has 0 radical (unpaired) electrons. The van der Waals surface area contributed by atoms with Crippen LogP contribution in [0.2, 0.25) is 0 Å². The molecule has 84 valence electrons. The molecule has 6 heteroatoms. The van der Waals surface area contributed by atoms with Crippen LogP contribution in [0, 0.1) is 11.8 Å². The van der Waals surface area contributed by atoms with Crippen LogP contribution >= 0.6 is 12.4 Å². The van der Waals surface area contributed by atoms with Gasteiger partial charge in [-0.2, -0.15) is 13.2 Å². The maximum absolute atomic E-state index is 12.4. The zero-order valence-corrected chi connectivity index (χ0v) is 8.24. The van der Waals surface area contributed by atoms with Crippen molar-refractivity contribution >= 4 is 12.4 Å². The lowest BCUT2D eigenvalue weighted by molar-refractivity contribution is -0.277. The smallest absolute Gasteiger partial charge is 0.380 e. The molecule has 2 rings (SSSR count). The van der Waals surface area contributed by atoms with Crippen LogP contribution in [0.15, 0.2) is 0 Å². The largest absolute Gasteiger partial charge is 0.417 e. The maximum atomic E-state index is 12.4. The fraction of sp³-hybridized carbons (Fsp3) is 1.00. The van der Waals surface area contributed by atoms with Crippen LogP contribution in [0.3, 0.4) is 0 Å². The van der Waals surface area contributed by atoms with Crippen LogP contribution in [0.5, 0.6) is 0 Å². The quantitative estimate of drug-likeness (QED) is 0.663. The van der Waals surface area contributed by atoms with E-state index in [1.54, 1.807) is 0 Å². The number of halogens is 4. The van der Waals surface area contributed by atoms with E-state index in [0.717, 1.165) is 0 Å². The Labute approximate surface area is 86.1 Å². The van der Waals surface area contributed by atoms with Crippen molar-refractivity contribution < 1.29 is 18.3 Å². The predicted molar refractivity (Wildman–Crippen MR) is 47.1 cm³/mol. The van der Waals surface area contributed by atoms with Gasteiger partial charge in [0.1, 0.15) is 0 Å². The van der Waals surface area contributed by atoms with Crippen LogP contribution < -0.4 is 5.73 Å². The summed E-state index contributed by atoms with van der Waals surface area (Å²) in [6, 6.07) is -0.146. The van der Waals surface area contributed by atoms with Crippen molar-refractivity contribution in [3.05, 3.63) is 0 Å². The second kappa shape index (κ2) is 3.25. The SMILES string of the molecule is Cl.NC1CC2CC1CC2(O)C(F)(F)F. The molecular formula is C8H13ClF3NO. The maximum Gasteiger partial charge on any atom is 0.417 e. The molecule has 0 aromatic rings. The van der Waals surface area contributed by atoms with E-state index in [4.69, 9.17) is 5.73 Å². The number of nitrogens with two attached hydrogens (primary N) is 1. The van der Waals surface area contributed by atoms with Gasteiger partial charge in [-0.1, -0.05) is 0 Å². The summed E-state index contributed by atoms with van der Waals surface area (Å²) in [7, 11) is 0. The molecular weight excluding hydrogens is 219 g/mol. The Morgan fingerprint density at radius 3 is 2.14 bits per heavy atom. The van der Waals surface area contributed by atoms with Gasteiger partial charge in [-0.05, 0) is 31.1 Å². The van der Waals surface area contributed by atoms with E-state index in [0.29, 0.717) is 12.8 Å². The van der Waals surface area contributed by atoms with Gasteiger partial charge in [0, 0.05) is 6.04 Å². The summed E-state index contributed by atoms with van der Waals surface area (Å²) in [6.45, 7) is 0. The standard InChI is InChI=1S/C8H12F3NO.ClH/c9-8(10,11)7(13)3-4-1-5(7)2-6(4)12;/h4-6,13H,1-3,12H2;1H. The number of fused-ring (bicyclic) bond motifs is 2. The Kier molecular flexibility index (Phi) is 2.80. The number of aliphatic hydroxyl groups is 1. The molecule has 0 heterocycles. The molecule has 0 amide bonds. The van der Waals surface area contributed by atoms with Gasteiger partial charge < -0.3 is 10.8 Å². The molecule has 0 saturated heterocycles. The molecule has 2 aliphatic rings. The van der Waals surface area contributed by atoms with E-state index in [1.165, 1.54) is 0 Å². The van der Waals surface area contributed by atoms with Crippen molar-refractivity contribution in [2.75, 3.05) is 0 Å². The van der Waals surface area contributed by atoms with Crippen molar-refractivity contribution in [2.45, 2.75) is 37.1 Å². The highest BCUT2D eigenvalue weighted by molar-refractivity contribution is 5.85. The summed E-state index contributed by atoms with van der Waals surface area (Å²) < 4.78 is 37.3. The van der Waals surface area contributed by atoms with E-state index in [9.17, 15) is 18.3 Å². The molecule has 4 unspecified atom stereocenters. The van der Waals surface area contributed by atoms with Gasteiger partial charge in [-0.3, -0.25) is 0 Å². The summed E-state index contributed by atoms with van der Waals surface area (Å²) >= 11 is 0. The Balaban J connectivity index is 0.000000980. The van der Waals surface area contributed by atoms with Crippen molar-refractivity contribution in [3.63, 3.8) is 0 Å². The third-order valence-corrected chi connectivity index (χ3v) is 3.49. The second-order valence-corrected chi connectivity index (χ2v) is 4.22. The molecule has 0 aromatic carbocycles. The molecule has 2 bridgehead atoms. The third kappa shape index (κ3) is 1.42. The first-order chi connectivity index (χ1) is 5.84. The zero-order valence-electron chi connectivity index (χ0n) is 7.42. The van der Waals surface area contributed by atoms with Gasteiger partial charge in [0.25, 0.3) is 0 Å². The van der Waals surface area contributed by atoms with E-state index in [1.807, 2.05) is 0 Å². The molecule has 3 N–H and O–H groups in total. The summed E-state index contributed by atoms with van der Waals surface area (Å²) in [5, 5.41) is 9.46. The molecule has 0 aromatic heterocycles. The predicted octanol–water partition coefficient (Wildman–Crippen LogP) is 1.46. The van der Waals surface area contributed by atoms with Gasteiger partial charge in [-0.15, -0.1) is 12.4 Å². The van der Waals surface area contributed by atoms with Gasteiger partial charge in [0.2, 0.25) is 0 Å². The first-order valence-electron chi connectivity index (χ1n) is 4.39. The average molecular weight is 232 g/mol. The van der Waals surface area contributed by atoms with Gasteiger partial charge >= 0.3 is 6.18 Å². The van der Waals surface area contributed by atoms with Crippen LogP contribution in [-0.4, -0.2) is 22.9 Å². The van der Waals surface area contributed by atoms with Crippen LogP contribution in [-0.2, 0) is 0 Å². The van der Waals surface area contributed by atoms with Gasteiger partial charge in [0.15, 0.2) is 5.60 Å². The van der Waals surface area contributed by atoms with E-state index in [2.05, 4.69) is 0 Å². The molecule has 4 atom stereocenters. The Bertz CT molecular complexity index is 233. The minimum Gasteiger partial charge on any atom is -0.380 e. The zero-order chi connectivity index (χ0) is 9.85. The van der Waals surface area contributed by atoms with Crippen LogP contribution in [0.1, 0.15) is 19.3 Å². The molecule has 14 heavy (non-hydrogen) atoms. The lowest BCUT2D eigenvalue weighted by atomic mass is 9.82. The highest BCUT2D eigenvalue weighted by Crippen LogP contribution is 2.56. The Morgan fingerprint density at radius 2 is 1.86 bits per heavy atom. The topological polar surface area (TPSA) is 46.2 Å². The van der Waals surface area contributed by atoms with Gasteiger partial charge in [-0.25, -0.2) is 0 Å². The normalized spacial score (nSPS) is 46.5. The first kappa shape index (κ1) is 12.1. The lowest BCUT2D eigenvalue weighted by Crippen LogP contribution is -2.52. The highest BCUT2D eigenvalue weighted by atomic mass is 35.5. The van der Waals surface area contributed by atoms with Crippen molar-refractivity contribution in [3.8, 4) is 0 Å². The summed E-state index contributed by atoms with van der Waals surface area (Å²) in [5.41, 5.74) is 3.15. The Morgan fingerprint density at radius 1 is 1.29 bits per heavy atom. The number of hydrogen-bond acceptors (Lipinski definition) is 2. The first-order valence-corrected chi connectivity index (χ1v) is 4.39. The lowest BCUT2D eigenvalue weighted by Gasteiger charge is -2.35. The fourth-order valence-electron chi connectivity index (χ4n) is 2.70. The van der Waals surface area contributed by atoms with Crippen LogP contribution in [0.4, 0.5) is 13.2 Å². The summed E-state index contributed by atoms with van der Waals surface area (Å²) in [5.74, 6) is -0.816.